The maximum Gasteiger partial charge on any atom is 0.416 e. The lowest BCUT2D eigenvalue weighted by molar-refractivity contribution is -0.137. The summed E-state index contributed by atoms with van der Waals surface area (Å²) in [6.07, 6.45) is -2.93. The van der Waals surface area contributed by atoms with Crippen molar-refractivity contribution in [3.8, 4) is 0 Å². The van der Waals surface area contributed by atoms with E-state index in [4.69, 9.17) is 10.8 Å². The van der Waals surface area contributed by atoms with Crippen LogP contribution in [0.3, 0.4) is 0 Å². The molecule has 1 aromatic rings. The minimum absolute atomic E-state index is 0.110. The second-order valence-corrected chi connectivity index (χ2v) is 4.30. The topological polar surface area (TPSA) is 58.3 Å². The quantitative estimate of drug-likeness (QED) is 0.668. The highest BCUT2D eigenvalue weighted by molar-refractivity contribution is 5.28. The van der Waals surface area contributed by atoms with Crippen molar-refractivity contribution in [2.45, 2.75) is 25.1 Å². The summed E-state index contributed by atoms with van der Waals surface area (Å²) < 4.78 is 37.8. The highest BCUT2D eigenvalue weighted by Crippen LogP contribution is 2.30. The molecule has 0 saturated carbocycles. The number of hydrogen-bond donors (Lipinski definition) is 3. The molecule has 108 valence electrons. The molecule has 1 atom stereocenters. The van der Waals surface area contributed by atoms with E-state index in [1.54, 1.807) is 6.07 Å². The van der Waals surface area contributed by atoms with Crippen molar-refractivity contribution in [3.63, 3.8) is 0 Å². The molecule has 0 aliphatic carbocycles. The van der Waals surface area contributed by atoms with Crippen molar-refractivity contribution in [2.75, 3.05) is 19.7 Å². The lowest BCUT2D eigenvalue weighted by atomic mass is 10.0. The van der Waals surface area contributed by atoms with Gasteiger partial charge in [-0.05, 0) is 37.1 Å². The molecule has 19 heavy (non-hydrogen) atoms. The van der Waals surface area contributed by atoms with E-state index in [2.05, 4.69) is 5.32 Å². The molecule has 1 rings (SSSR count). The van der Waals surface area contributed by atoms with Crippen LogP contribution in [-0.4, -0.2) is 24.8 Å². The maximum absolute atomic E-state index is 12.6. The zero-order valence-corrected chi connectivity index (χ0v) is 10.6. The van der Waals surface area contributed by atoms with Crippen LogP contribution in [0.4, 0.5) is 13.2 Å². The third-order valence-corrected chi connectivity index (χ3v) is 2.83. The Hall–Kier alpha value is -1.11. The first-order valence-corrected chi connectivity index (χ1v) is 6.20. The van der Waals surface area contributed by atoms with E-state index in [1.807, 2.05) is 0 Å². The van der Waals surface area contributed by atoms with Crippen LogP contribution in [0.15, 0.2) is 24.3 Å². The molecular weight excluding hydrogens is 257 g/mol. The van der Waals surface area contributed by atoms with E-state index >= 15 is 0 Å². The van der Waals surface area contributed by atoms with Crippen molar-refractivity contribution in [2.24, 2.45) is 5.73 Å². The van der Waals surface area contributed by atoms with E-state index < -0.39 is 11.7 Å². The minimum atomic E-state index is -4.34. The smallest absolute Gasteiger partial charge is 0.396 e. The molecule has 0 aliphatic heterocycles. The third kappa shape index (κ3) is 5.18. The first-order chi connectivity index (χ1) is 8.99. The van der Waals surface area contributed by atoms with E-state index in [9.17, 15) is 13.2 Å². The molecule has 4 N–H and O–H groups in total. The summed E-state index contributed by atoms with van der Waals surface area (Å²) >= 11 is 0. The molecule has 0 spiro atoms. The average molecular weight is 276 g/mol. The molecule has 0 radical (unpaired) electrons. The fourth-order valence-electron chi connectivity index (χ4n) is 1.78. The predicted octanol–water partition coefficient (Wildman–Crippen LogP) is 2.07. The first kappa shape index (κ1) is 15.9. The van der Waals surface area contributed by atoms with Gasteiger partial charge in [-0.25, -0.2) is 0 Å². The number of benzene rings is 1. The van der Waals surface area contributed by atoms with Gasteiger partial charge in [0.05, 0.1) is 5.56 Å². The van der Waals surface area contributed by atoms with Crippen molar-refractivity contribution < 1.29 is 18.3 Å². The molecule has 0 amide bonds. The Morgan fingerprint density at radius 3 is 2.58 bits per heavy atom. The second-order valence-electron chi connectivity index (χ2n) is 4.30. The minimum Gasteiger partial charge on any atom is -0.396 e. The van der Waals surface area contributed by atoms with Gasteiger partial charge in [0.25, 0.3) is 0 Å². The summed E-state index contributed by atoms with van der Waals surface area (Å²) in [5.74, 6) is 0. The number of nitrogens with two attached hydrogens (primary N) is 1. The zero-order chi connectivity index (χ0) is 14.3. The number of unbranched alkanes of at least 4 members (excludes halogenated alkanes) is 1. The Morgan fingerprint density at radius 1 is 1.26 bits per heavy atom. The Balaban J connectivity index is 2.70. The normalized spacial score (nSPS) is 13.5. The van der Waals surface area contributed by atoms with Gasteiger partial charge < -0.3 is 16.2 Å². The van der Waals surface area contributed by atoms with Crippen molar-refractivity contribution in [3.05, 3.63) is 35.4 Å². The molecule has 6 heteroatoms. The van der Waals surface area contributed by atoms with Crippen LogP contribution in [-0.2, 0) is 6.18 Å². The predicted molar refractivity (Wildman–Crippen MR) is 67.6 cm³/mol. The Morgan fingerprint density at radius 2 is 2.00 bits per heavy atom. The van der Waals surface area contributed by atoms with Crippen molar-refractivity contribution >= 4 is 0 Å². The summed E-state index contributed by atoms with van der Waals surface area (Å²) in [7, 11) is 0. The number of rotatable bonds is 7. The summed E-state index contributed by atoms with van der Waals surface area (Å²) in [6, 6.07) is 4.88. The molecule has 1 unspecified atom stereocenters. The largest absolute Gasteiger partial charge is 0.416 e. The molecule has 0 aliphatic rings. The van der Waals surface area contributed by atoms with Gasteiger partial charge in [0.1, 0.15) is 0 Å². The van der Waals surface area contributed by atoms with Gasteiger partial charge in [-0.3, -0.25) is 0 Å². The molecule has 0 saturated heterocycles. The number of aliphatic hydroxyl groups excluding tert-OH is 1. The summed E-state index contributed by atoms with van der Waals surface area (Å²) in [4.78, 5) is 0. The van der Waals surface area contributed by atoms with Crippen molar-refractivity contribution in [1.29, 1.82) is 0 Å². The fourth-order valence-corrected chi connectivity index (χ4v) is 1.78. The molecular formula is C13H19F3N2O. The highest BCUT2D eigenvalue weighted by Gasteiger charge is 2.30. The van der Waals surface area contributed by atoms with Gasteiger partial charge in [0, 0.05) is 19.2 Å². The number of alkyl halides is 3. The van der Waals surface area contributed by atoms with Gasteiger partial charge in [-0.2, -0.15) is 13.2 Å². The van der Waals surface area contributed by atoms with E-state index in [0.29, 0.717) is 18.5 Å². The van der Waals surface area contributed by atoms with Crippen LogP contribution in [0.2, 0.25) is 0 Å². The van der Waals surface area contributed by atoms with Crippen molar-refractivity contribution in [1.82, 2.24) is 5.32 Å². The Bertz CT molecular complexity index is 382. The van der Waals surface area contributed by atoms with E-state index in [1.165, 1.54) is 6.07 Å². The number of aliphatic hydroxyl groups is 1. The Labute approximate surface area is 110 Å². The molecule has 0 bridgehead atoms. The van der Waals surface area contributed by atoms with Crippen LogP contribution in [0, 0.1) is 0 Å². The summed E-state index contributed by atoms with van der Waals surface area (Å²) in [5, 5.41) is 11.7. The van der Waals surface area contributed by atoms with Crippen LogP contribution < -0.4 is 11.1 Å². The van der Waals surface area contributed by atoms with Crippen LogP contribution >= 0.6 is 0 Å². The van der Waals surface area contributed by atoms with Gasteiger partial charge in [0.2, 0.25) is 0 Å². The molecule has 0 heterocycles. The number of nitrogens with one attached hydrogen (secondary N) is 1. The highest BCUT2D eigenvalue weighted by atomic mass is 19.4. The second kappa shape index (κ2) is 7.47. The fraction of sp³-hybridized carbons (Fsp3) is 0.538. The van der Waals surface area contributed by atoms with Gasteiger partial charge >= 0.3 is 6.18 Å². The SMILES string of the molecule is NCC(NCCCCO)c1cccc(C(F)(F)F)c1. The van der Waals surface area contributed by atoms with Crippen LogP contribution in [0.25, 0.3) is 0 Å². The van der Waals surface area contributed by atoms with Crippen LogP contribution in [0.1, 0.15) is 30.0 Å². The number of halogens is 3. The standard InChI is InChI=1S/C13H19F3N2O/c14-13(15,16)11-5-3-4-10(8-11)12(9-17)18-6-1-2-7-19/h3-5,8,12,18-19H,1-2,6-7,9,17H2. The van der Waals surface area contributed by atoms with E-state index in [0.717, 1.165) is 18.6 Å². The van der Waals surface area contributed by atoms with Gasteiger partial charge in [-0.1, -0.05) is 12.1 Å². The zero-order valence-electron chi connectivity index (χ0n) is 10.6. The van der Waals surface area contributed by atoms with E-state index in [-0.39, 0.29) is 19.2 Å². The van der Waals surface area contributed by atoms with Crippen LogP contribution in [0.5, 0.6) is 0 Å². The first-order valence-electron chi connectivity index (χ1n) is 6.20. The molecule has 0 aromatic heterocycles. The lowest BCUT2D eigenvalue weighted by Crippen LogP contribution is -2.29. The summed E-state index contributed by atoms with van der Waals surface area (Å²) in [6.45, 7) is 0.942. The third-order valence-electron chi connectivity index (χ3n) is 2.83. The summed E-state index contributed by atoms with van der Waals surface area (Å²) in [5.41, 5.74) is 5.45. The lowest BCUT2D eigenvalue weighted by Gasteiger charge is -2.18. The monoisotopic (exact) mass is 276 g/mol. The molecule has 3 nitrogen and oxygen atoms in total. The molecule has 1 aromatic carbocycles. The molecule has 0 fully saturated rings. The maximum atomic E-state index is 12.6. The van der Waals surface area contributed by atoms with Gasteiger partial charge in [-0.15, -0.1) is 0 Å². The van der Waals surface area contributed by atoms with Gasteiger partial charge in [0.15, 0.2) is 0 Å². The Kier molecular flexibility index (Phi) is 6.27. The average Bonchev–Trinajstić information content (AvgIpc) is 2.38. The number of hydrogen-bond acceptors (Lipinski definition) is 3.